The van der Waals surface area contributed by atoms with E-state index >= 15 is 0 Å². The van der Waals surface area contributed by atoms with Gasteiger partial charge >= 0.3 is 5.91 Å². The molecule has 0 radical (unpaired) electrons. The predicted molar refractivity (Wildman–Crippen MR) is 123 cm³/mol. The molecule has 0 aliphatic rings. The van der Waals surface area contributed by atoms with Gasteiger partial charge in [0.1, 0.15) is 17.1 Å². The lowest BCUT2D eigenvalue weighted by Gasteiger charge is -2.01. The fourth-order valence-electron chi connectivity index (χ4n) is 3.38. The van der Waals surface area contributed by atoms with Gasteiger partial charge in [-0.3, -0.25) is 4.79 Å². The Labute approximate surface area is 186 Å². The second kappa shape index (κ2) is 7.95. The van der Waals surface area contributed by atoms with E-state index in [1.165, 1.54) is 6.21 Å². The van der Waals surface area contributed by atoms with Gasteiger partial charge < -0.3 is 8.83 Å². The number of hydrogen-bond acceptors (Lipinski definition) is 4. The fraction of sp³-hybridized carbons (Fsp3) is 0. The van der Waals surface area contributed by atoms with Crippen LogP contribution in [0.25, 0.3) is 33.1 Å². The second-order valence-corrected chi connectivity index (χ2v) is 7.60. The van der Waals surface area contributed by atoms with E-state index in [1.54, 1.807) is 36.4 Å². The van der Waals surface area contributed by atoms with Crippen molar-refractivity contribution in [3.05, 3.63) is 94.4 Å². The molecule has 0 fully saturated rings. The Balaban J connectivity index is 1.33. The zero-order valence-electron chi connectivity index (χ0n) is 15.9. The molecule has 0 spiro atoms. The lowest BCUT2D eigenvalue weighted by molar-refractivity contribution is 0.0929. The monoisotopic (exact) mass is 448 g/mol. The van der Waals surface area contributed by atoms with Crippen molar-refractivity contribution in [3.8, 4) is 11.3 Å². The Morgan fingerprint density at radius 2 is 1.77 bits per heavy atom. The summed E-state index contributed by atoms with van der Waals surface area (Å²) >= 11 is 12.3. The molecule has 7 heteroatoms. The summed E-state index contributed by atoms with van der Waals surface area (Å²) in [6.07, 6.45) is 1.40. The zero-order chi connectivity index (χ0) is 21.4. The number of hydrazone groups is 1. The molecule has 0 saturated heterocycles. The molecule has 2 heterocycles. The molecule has 0 saturated carbocycles. The highest BCUT2D eigenvalue weighted by atomic mass is 35.5. The number of benzene rings is 3. The van der Waals surface area contributed by atoms with Crippen LogP contribution in [0.5, 0.6) is 0 Å². The number of amides is 1. The van der Waals surface area contributed by atoms with Crippen molar-refractivity contribution < 1.29 is 13.6 Å². The van der Waals surface area contributed by atoms with Crippen LogP contribution in [0.3, 0.4) is 0 Å². The number of rotatable bonds is 4. The van der Waals surface area contributed by atoms with Crippen molar-refractivity contribution in [2.24, 2.45) is 5.10 Å². The number of carbonyl (C=O) groups excluding carboxylic acids is 1. The summed E-state index contributed by atoms with van der Waals surface area (Å²) in [7, 11) is 0. The number of nitrogens with zero attached hydrogens (tertiary/aromatic N) is 1. The molecule has 0 unspecified atom stereocenters. The minimum Gasteiger partial charge on any atom is -0.455 e. The zero-order valence-corrected chi connectivity index (χ0v) is 17.4. The molecule has 1 N–H and O–H groups in total. The number of halogens is 2. The average Bonchev–Trinajstić information content (AvgIpc) is 3.43. The van der Waals surface area contributed by atoms with Gasteiger partial charge in [-0.15, -0.1) is 0 Å². The smallest absolute Gasteiger partial charge is 0.307 e. The van der Waals surface area contributed by atoms with Gasteiger partial charge in [-0.1, -0.05) is 59.6 Å². The predicted octanol–water partition coefficient (Wildman–Crippen LogP) is 6.92. The Bertz CT molecular complexity index is 1470. The maximum absolute atomic E-state index is 12.5. The van der Waals surface area contributed by atoms with Crippen LogP contribution in [-0.4, -0.2) is 12.1 Å². The number of hydrogen-bond donors (Lipinski definition) is 1. The molecule has 31 heavy (non-hydrogen) atoms. The van der Waals surface area contributed by atoms with Crippen molar-refractivity contribution >= 4 is 57.1 Å². The summed E-state index contributed by atoms with van der Waals surface area (Å²) in [5.74, 6) is 0.710. The third-order valence-corrected chi connectivity index (χ3v) is 5.67. The van der Waals surface area contributed by atoms with Gasteiger partial charge in [-0.25, -0.2) is 5.43 Å². The second-order valence-electron chi connectivity index (χ2n) is 6.81. The fourth-order valence-corrected chi connectivity index (χ4v) is 3.77. The van der Waals surface area contributed by atoms with Gasteiger partial charge in [0.05, 0.1) is 16.3 Å². The number of carbonyl (C=O) groups is 1. The highest BCUT2D eigenvalue weighted by molar-refractivity contribution is 6.43. The first-order valence-electron chi connectivity index (χ1n) is 9.39. The summed E-state index contributed by atoms with van der Waals surface area (Å²) in [6, 6.07) is 22.2. The first-order chi connectivity index (χ1) is 15.1. The number of fused-ring (bicyclic) bond motifs is 3. The Morgan fingerprint density at radius 3 is 2.68 bits per heavy atom. The summed E-state index contributed by atoms with van der Waals surface area (Å²) in [5.41, 5.74) is 3.77. The van der Waals surface area contributed by atoms with Crippen molar-refractivity contribution in [3.63, 3.8) is 0 Å². The van der Waals surface area contributed by atoms with E-state index in [2.05, 4.69) is 10.5 Å². The molecular weight excluding hydrogens is 435 g/mol. The Morgan fingerprint density at radius 1 is 0.903 bits per heavy atom. The molecule has 0 aliphatic heterocycles. The van der Waals surface area contributed by atoms with Crippen LogP contribution in [0.1, 0.15) is 16.3 Å². The minimum atomic E-state index is -0.457. The molecule has 152 valence electrons. The first-order valence-corrected chi connectivity index (χ1v) is 10.1. The van der Waals surface area contributed by atoms with Crippen molar-refractivity contribution in [2.45, 2.75) is 0 Å². The van der Waals surface area contributed by atoms with Crippen molar-refractivity contribution in [1.29, 1.82) is 0 Å². The molecule has 1 amide bonds. The normalized spacial score (nSPS) is 11.5. The van der Waals surface area contributed by atoms with Gasteiger partial charge in [0, 0.05) is 10.9 Å². The van der Waals surface area contributed by atoms with E-state index in [9.17, 15) is 4.79 Å². The van der Waals surface area contributed by atoms with E-state index in [-0.39, 0.29) is 5.76 Å². The Kier molecular flexibility index (Phi) is 4.98. The largest absolute Gasteiger partial charge is 0.455 e. The number of furan rings is 2. The van der Waals surface area contributed by atoms with Crippen LogP contribution in [0.4, 0.5) is 0 Å². The SMILES string of the molecule is O=C(NN=Cc1ccc(-c2cccc(Cl)c2Cl)o1)c1cc2c(ccc3ccccc32)o1. The topological polar surface area (TPSA) is 67.7 Å². The van der Waals surface area contributed by atoms with Gasteiger partial charge in [0.2, 0.25) is 0 Å². The van der Waals surface area contributed by atoms with E-state index in [1.807, 2.05) is 36.4 Å². The van der Waals surface area contributed by atoms with Gasteiger partial charge in [0.15, 0.2) is 5.76 Å². The van der Waals surface area contributed by atoms with E-state index < -0.39 is 5.91 Å². The maximum atomic E-state index is 12.5. The van der Waals surface area contributed by atoms with Crippen molar-refractivity contribution in [1.82, 2.24) is 5.43 Å². The van der Waals surface area contributed by atoms with Crippen molar-refractivity contribution in [2.75, 3.05) is 0 Å². The molecule has 5 nitrogen and oxygen atoms in total. The molecular formula is C24H14Cl2N2O3. The minimum absolute atomic E-state index is 0.175. The van der Waals surface area contributed by atoms with Crippen LogP contribution >= 0.6 is 23.2 Å². The van der Waals surface area contributed by atoms with Gasteiger partial charge in [-0.2, -0.15) is 5.10 Å². The molecule has 2 aromatic heterocycles. The molecule has 0 aliphatic carbocycles. The highest BCUT2D eigenvalue weighted by Gasteiger charge is 2.14. The lowest BCUT2D eigenvalue weighted by atomic mass is 10.1. The first kappa shape index (κ1) is 19.4. The van der Waals surface area contributed by atoms with Crippen LogP contribution in [0.15, 0.2) is 86.7 Å². The van der Waals surface area contributed by atoms with E-state index in [0.717, 1.165) is 16.2 Å². The van der Waals surface area contributed by atoms with Crippen LogP contribution in [-0.2, 0) is 0 Å². The van der Waals surface area contributed by atoms with Crippen LogP contribution in [0.2, 0.25) is 10.0 Å². The van der Waals surface area contributed by atoms with Gasteiger partial charge in [-0.05, 0) is 47.2 Å². The third-order valence-electron chi connectivity index (χ3n) is 4.85. The molecule has 5 rings (SSSR count). The summed E-state index contributed by atoms with van der Waals surface area (Å²) in [6.45, 7) is 0. The highest BCUT2D eigenvalue weighted by Crippen LogP contribution is 2.34. The maximum Gasteiger partial charge on any atom is 0.307 e. The molecule has 3 aromatic carbocycles. The van der Waals surface area contributed by atoms with Crippen LogP contribution in [0, 0.1) is 0 Å². The third kappa shape index (κ3) is 3.69. The summed E-state index contributed by atoms with van der Waals surface area (Å²) in [5, 5.41) is 7.79. The molecule has 0 atom stereocenters. The van der Waals surface area contributed by atoms with E-state index in [0.29, 0.717) is 32.7 Å². The van der Waals surface area contributed by atoms with E-state index in [4.69, 9.17) is 32.0 Å². The van der Waals surface area contributed by atoms with Crippen LogP contribution < -0.4 is 5.43 Å². The number of nitrogens with one attached hydrogen (secondary N) is 1. The summed E-state index contributed by atoms with van der Waals surface area (Å²) in [4.78, 5) is 12.5. The standard InChI is InChI=1S/C24H14Cl2N2O3/c25-19-7-3-6-17(23(19)26)20-11-9-15(30-20)13-27-28-24(29)22-12-18-16-5-2-1-4-14(16)8-10-21(18)31-22/h1-13H,(H,28,29). The average molecular weight is 449 g/mol. The van der Waals surface area contributed by atoms with Gasteiger partial charge in [0.25, 0.3) is 0 Å². The lowest BCUT2D eigenvalue weighted by Crippen LogP contribution is -2.16. The molecule has 5 aromatic rings. The summed E-state index contributed by atoms with van der Waals surface area (Å²) < 4.78 is 11.4. The quantitative estimate of drug-likeness (QED) is 0.239. The Hall–Kier alpha value is -3.54. The molecule has 0 bridgehead atoms.